The largest absolute Gasteiger partial charge is 0.464 e. The molecule has 4 heterocycles. The number of furan rings is 4. The zero-order valence-electron chi connectivity index (χ0n) is 88.9. The first-order chi connectivity index (χ1) is 69.0. The van der Waals surface area contributed by atoms with Crippen LogP contribution in [0.5, 0.6) is 0 Å². The topological polar surface area (TPSA) is 378 Å². The van der Waals surface area contributed by atoms with E-state index in [2.05, 4.69) is 19.2 Å². The van der Waals surface area contributed by atoms with Crippen LogP contribution in [0.25, 0.3) is 43.9 Å². The molecule has 8 atom stereocenters. The zero-order chi connectivity index (χ0) is 109. The van der Waals surface area contributed by atoms with Crippen LogP contribution in [0.4, 0.5) is 4.79 Å². The highest BCUT2D eigenvalue weighted by atomic mass is 35.7. The third-order valence-electron chi connectivity index (χ3n) is 23.3. The summed E-state index contributed by atoms with van der Waals surface area (Å²) in [6.07, 6.45) is 4.91. The van der Waals surface area contributed by atoms with Crippen molar-refractivity contribution in [1.29, 1.82) is 0 Å². The SMILES string of the molecule is CC(C)CN(C[C@@H](O)[C@@H](CC(=O)OC(C)(C)C)Cc1ccccc1)S(=O)(=O)c1ccc2occc2c1.CC(C)CNC[C@@H](O)[C@@H](CC(=O)OC(C)(C)C)Cc1ccccc1.CO[C@H](CN(CC(C)C)S(=O)(=O)c1ccc2occc2c1)[C@@H](CC(=O)OC(C)(C)C)Cc1ccccc1.CO[C@H](CN(CC(C)C)S(=O)(=O)c1ccc2occc2c1)[C@H](Cc1ccccc1)N(C)C(=O)OC(C)C.O=S(=O)(Cl)c1ccc2occc2c1. The summed E-state index contributed by atoms with van der Waals surface area (Å²) < 4.78 is 164. The van der Waals surface area contributed by atoms with Crippen LogP contribution in [0.15, 0.2) is 281 Å². The number of aliphatic hydroxyl groups excluding tert-OH is 2. The van der Waals surface area contributed by atoms with Gasteiger partial charge in [-0.05, 0) is 251 Å². The molecule has 0 aliphatic heterocycles. The van der Waals surface area contributed by atoms with Gasteiger partial charge in [0.1, 0.15) is 39.1 Å². The van der Waals surface area contributed by atoms with E-state index in [0.717, 1.165) is 39.6 Å². The second-order valence-electron chi connectivity index (χ2n) is 41.8. The second kappa shape index (κ2) is 56.3. The van der Waals surface area contributed by atoms with E-state index < -0.39 is 104 Å². The fourth-order valence-corrected chi connectivity index (χ4v) is 22.2. The van der Waals surface area contributed by atoms with E-state index in [0.29, 0.717) is 84.3 Å². The molecule has 0 spiro atoms. The van der Waals surface area contributed by atoms with Gasteiger partial charge < -0.3 is 66.5 Å². The summed E-state index contributed by atoms with van der Waals surface area (Å²) in [4.78, 5) is 52.7. The van der Waals surface area contributed by atoms with Gasteiger partial charge in [-0.25, -0.2) is 38.5 Å². The van der Waals surface area contributed by atoms with Crippen molar-refractivity contribution in [3.05, 3.63) is 266 Å². The Morgan fingerprint density at radius 2 is 0.653 bits per heavy atom. The monoisotopic (exact) mass is 2130 g/mol. The average molecular weight is 2130 g/mol. The van der Waals surface area contributed by atoms with Crippen molar-refractivity contribution in [3.8, 4) is 0 Å². The molecule has 0 saturated heterocycles. The molecule has 4 aromatic heterocycles. The minimum Gasteiger partial charge on any atom is -0.464 e. The first-order valence-electron chi connectivity index (χ1n) is 49.7. The molecule has 12 rings (SSSR count). The van der Waals surface area contributed by atoms with Crippen molar-refractivity contribution >= 4 is 118 Å². The number of methoxy groups -OCH3 is 2. The van der Waals surface area contributed by atoms with Crippen LogP contribution in [0.3, 0.4) is 0 Å². The molecule has 34 heteroatoms. The molecule has 29 nitrogen and oxygen atoms in total. The van der Waals surface area contributed by atoms with E-state index in [4.69, 9.17) is 56.8 Å². The molecule has 0 fully saturated rings. The number of nitrogens with zero attached hydrogens (tertiary/aromatic N) is 4. The average Bonchev–Trinajstić information content (AvgIpc) is 1.78. The van der Waals surface area contributed by atoms with Crippen molar-refractivity contribution in [2.24, 2.45) is 41.4 Å². The van der Waals surface area contributed by atoms with Crippen molar-refractivity contribution in [1.82, 2.24) is 23.1 Å². The predicted molar refractivity (Wildman–Crippen MR) is 576 cm³/mol. The number of hydrogen-bond donors (Lipinski definition) is 3. The highest BCUT2D eigenvalue weighted by Gasteiger charge is 2.40. The quantitative estimate of drug-likeness (QED) is 0.0181. The molecule has 1 amide bonds. The fourth-order valence-electron chi connectivity index (χ4n) is 16.5. The summed E-state index contributed by atoms with van der Waals surface area (Å²) in [5, 5.41) is 28.0. The van der Waals surface area contributed by atoms with Gasteiger partial charge in [0.25, 0.3) is 9.05 Å². The molecule has 0 aliphatic carbocycles. The van der Waals surface area contributed by atoms with Crippen LogP contribution in [0, 0.1) is 41.4 Å². The number of aliphatic hydroxyl groups is 2. The fraction of sp³-hybridized carbons (Fsp3) is 0.469. The van der Waals surface area contributed by atoms with E-state index >= 15 is 0 Å². The van der Waals surface area contributed by atoms with Crippen LogP contribution < -0.4 is 5.32 Å². The number of benzene rings is 8. The van der Waals surface area contributed by atoms with E-state index in [1.54, 1.807) is 141 Å². The number of esters is 3. The van der Waals surface area contributed by atoms with Gasteiger partial charge in [-0.15, -0.1) is 0 Å². The van der Waals surface area contributed by atoms with Crippen LogP contribution in [0.1, 0.15) is 173 Å². The molecular formula is C113H152ClN5O24S4. The molecule has 0 saturated carbocycles. The molecule has 0 radical (unpaired) electrons. The summed E-state index contributed by atoms with van der Waals surface area (Å²) in [6.45, 7) is 38.3. The van der Waals surface area contributed by atoms with E-state index in [1.165, 1.54) is 54.8 Å². The Morgan fingerprint density at radius 3 is 0.959 bits per heavy atom. The number of ether oxygens (including phenoxy) is 6. The van der Waals surface area contributed by atoms with E-state index in [1.807, 2.05) is 204 Å². The number of sulfonamides is 3. The number of carbonyl (C=O) groups is 4. The minimum absolute atomic E-state index is 0.0239. The van der Waals surface area contributed by atoms with Crippen LogP contribution in [-0.4, -0.2) is 213 Å². The minimum atomic E-state index is -3.91. The number of likely N-dealkylation sites (N-methyl/N-ethyl adjacent to an activating group) is 1. The Kier molecular flexibility index (Phi) is 46.6. The molecule has 12 aromatic rings. The standard InChI is InChI=1S/C29H39NO6S.C28H38N2O6S.C28H37NO6S.C20H33NO3.C8H5ClO3S/c1-21(2)19-30(37(32,33)25-12-13-26-23(17-25)14-15-35-26)20-27(34-6)24(16-22-10-8-7-9-11-22)18-28(31)36-29(3,4)5;1-20(2)18-30(37(32,33)24-12-13-26-23(17-24)14-15-35-26)19-27(34-6)25(16-22-10-8-7-9-11-22)29(5)28(31)36-21(3)4;1-20(2)18-29(36(32,33)24-11-12-26-22(16-24)13-14-34-26)19-25(30)23(15-21-9-7-6-8-10-21)17-27(31)35-28(3,4)5;1-15(2)13-21-14-18(22)17(11-16-9-7-6-8-10-16)12-19(23)24-20(3,4)5;9-13(10,11)7-1-2-8-6(5-7)3-4-12-8/h7-15,17,21,24,27H,16,18-20H2,1-6H3;7-15,17,20-21,25,27H,16,18-19H2,1-6H3;6-14,16,20,23,25,30H,15,17-19H2,1-5H3;6-10,15,17-18,21-22H,11-14H2,1-5H3;1-5H/t24-,27-;25-,27+;23-,25-;17-,18-;/m1011./s1. The lowest BCUT2D eigenvalue weighted by Gasteiger charge is -2.36. The lowest BCUT2D eigenvalue weighted by atomic mass is 9.90. The Morgan fingerprint density at radius 1 is 0.361 bits per heavy atom. The lowest BCUT2D eigenvalue weighted by Crippen LogP contribution is -2.52. The number of hydrogen-bond acceptors (Lipinski definition) is 25. The number of amides is 1. The van der Waals surface area contributed by atoms with Gasteiger partial charge >= 0.3 is 24.0 Å². The maximum Gasteiger partial charge on any atom is 0.410 e. The van der Waals surface area contributed by atoms with Gasteiger partial charge in [-0.3, -0.25) is 14.4 Å². The third-order valence-corrected chi connectivity index (χ3v) is 30.1. The summed E-state index contributed by atoms with van der Waals surface area (Å²) >= 11 is 0. The molecular weight excluding hydrogens is 1970 g/mol. The van der Waals surface area contributed by atoms with Crippen LogP contribution >= 0.6 is 10.7 Å². The van der Waals surface area contributed by atoms with Crippen molar-refractivity contribution in [2.45, 2.75) is 249 Å². The molecule has 8 aromatic carbocycles. The number of carbonyl (C=O) groups excluding carboxylic acids is 4. The van der Waals surface area contributed by atoms with Gasteiger partial charge in [0.15, 0.2) is 0 Å². The highest BCUT2D eigenvalue weighted by Crippen LogP contribution is 2.34. The summed E-state index contributed by atoms with van der Waals surface area (Å²) in [7, 11) is -5.31. The number of halogens is 1. The first kappa shape index (κ1) is 122. The first-order valence-corrected chi connectivity index (χ1v) is 56.3. The Labute approximate surface area is 874 Å². The summed E-state index contributed by atoms with van der Waals surface area (Å²) in [6, 6.07) is 64.4. The molecule has 0 aliphatic rings. The molecule has 3 N–H and O–H groups in total. The van der Waals surface area contributed by atoms with E-state index in [9.17, 15) is 63.1 Å². The normalized spacial score (nSPS) is 14.0. The van der Waals surface area contributed by atoms with Crippen LogP contribution in [-0.2, 0) is 108 Å². The second-order valence-corrected chi connectivity index (χ2v) is 50.2. The van der Waals surface area contributed by atoms with Gasteiger partial charge in [-0.2, -0.15) is 12.9 Å². The van der Waals surface area contributed by atoms with Crippen LogP contribution in [0.2, 0.25) is 0 Å². The number of fused-ring (bicyclic) bond motifs is 4. The molecule has 147 heavy (non-hydrogen) atoms. The zero-order valence-corrected chi connectivity index (χ0v) is 92.9. The van der Waals surface area contributed by atoms with Gasteiger partial charge in [0.05, 0.1) is 100 Å². The summed E-state index contributed by atoms with van der Waals surface area (Å²) in [5.41, 5.74) is 4.84. The Bertz CT molecular complexity index is 6560. The van der Waals surface area contributed by atoms with Gasteiger partial charge in [0, 0.05) is 117 Å². The highest BCUT2D eigenvalue weighted by molar-refractivity contribution is 8.13. The maximum absolute atomic E-state index is 13.8. The van der Waals surface area contributed by atoms with Crippen molar-refractivity contribution in [3.63, 3.8) is 0 Å². The maximum atomic E-state index is 13.8. The molecule has 0 unspecified atom stereocenters. The Hall–Kier alpha value is -10.6. The van der Waals surface area contributed by atoms with Gasteiger partial charge in [0.2, 0.25) is 30.1 Å². The predicted octanol–water partition coefficient (Wildman–Crippen LogP) is 21.4. The van der Waals surface area contributed by atoms with E-state index in [-0.39, 0.29) is 113 Å². The number of nitrogens with one attached hydrogen (secondary N) is 1. The van der Waals surface area contributed by atoms with Crippen molar-refractivity contribution in [2.75, 3.05) is 73.6 Å². The molecule has 804 valence electrons. The third kappa shape index (κ3) is 40.3. The summed E-state index contributed by atoms with van der Waals surface area (Å²) in [5.74, 6) is -1.28. The number of rotatable bonds is 45. The Balaban J connectivity index is 0.000000231. The smallest absolute Gasteiger partial charge is 0.410 e. The molecule has 0 bridgehead atoms. The van der Waals surface area contributed by atoms with Crippen molar-refractivity contribution < 1.29 is 109 Å². The van der Waals surface area contributed by atoms with Gasteiger partial charge in [-0.1, -0.05) is 177 Å². The lowest BCUT2D eigenvalue weighted by molar-refractivity contribution is -0.158.